The van der Waals surface area contributed by atoms with E-state index in [0.29, 0.717) is 44.8 Å². The Morgan fingerprint density at radius 1 is 1.15 bits per heavy atom. The highest BCUT2D eigenvalue weighted by molar-refractivity contribution is 5.90. The van der Waals surface area contributed by atoms with E-state index in [1.54, 1.807) is 6.92 Å². The molecule has 0 radical (unpaired) electrons. The summed E-state index contributed by atoms with van der Waals surface area (Å²) in [6.45, 7) is 9.55. The molecule has 2 heterocycles. The Balaban J connectivity index is 1.53. The standard InChI is InChI=1S/C26H35N3O4/c1-5-33-26(32)24-18(3)22(19(4)28-24)12-13-23(30)29-14-6-7-21(16-29)25(31)27-15-20-10-8-17(2)9-11-20/h8-11,21,28H,5-7,12-16H2,1-4H3,(H,27,31)/t21-/m0/s1. The van der Waals surface area contributed by atoms with Gasteiger partial charge in [0.1, 0.15) is 5.69 Å². The summed E-state index contributed by atoms with van der Waals surface area (Å²) >= 11 is 0. The van der Waals surface area contributed by atoms with Crippen LogP contribution in [0.15, 0.2) is 24.3 Å². The van der Waals surface area contributed by atoms with Crippen LogP contribution in [-0.2, 0) is 27.3 Å². The molecule has 2 amide bonds. The third kappa shape index (κ3) is 6.24. The van der Waals surface area contributed by atoms with Crippen molar-refractivity contribution in [3.05, 3.63) is 57.9 Å². The molecule has 7 heteroatoms. The summed E-state index contributed by atoms with van der Waals surface area (Å²) in [5.41, 5.74) is 5.42. The average molecular weight is 454 g/mol. The summed E-state index contributed by atoms with van der Waals surface area (Å²) in [7, 11) is 0. The fourth-order valence-electron chi connectivity index (χ4n) is 4.42. The second kappa shape index (κ2) is 11.2. The number of H-pyrrole nitrogens is 1. The van der Waals surface area contributed by atoms with Crippen LogP contribution in [0, 0.1) is 26.7 Å². The van der Waals surface area contributed by atoms with Gasteiger partial charge in [-0.2, -0.15) is 0 Å². The third-order valence-electron chi connectivity index (χ3n) is 6.39. The number of hydrogen-bond donors (Lipinski definition) is 2. The fraction of sp³-hybridized carbons (Fsp3) is 0.500. The Morgan fingerprint density at radius 3 is 2.58 bits per heavy atom. The summed E-state index contributed by atoms with van der Waals surface area (Å²) in [6, 6.07) is 8.10. The Labute approximate surface area is 195 Å². The molecule has 0 bridgehead atoms. The van der Waals surface area contributed by atoms with Crippen LogP contribution in [-0.4, -0.2) is 47.4 Å². The van der Waals surface area contributed by atoms with Crippen molar-refractivity contribution in [3.63, 3.8) is 0 Å². The number of benzene rings is 1. The van der Waals surface area contributed by atoms with Crippen LogP contribution >= 0.6 is 0 Å². The number of ether oxygens (including phenoxy) is 1. The van der Waals surface area contributed by atoms with Crippen LogP contribution in [0.1, 0.15) is 64.6 Å². The van der Waals surface area contributed by atoms with E-state index in [1.165, 1.54) is 5.56 Å². The van der Waals surface area contributed by atoms with E-state index in [9.17, 15) is 14.4 Å². The lowest BCUT2D eigenvalue weighted by atomic mass is 9.96. The number of hydrogen-bond acceptors (Lipinski definition) is 4. The van der Waals surface area contributed by atoms with Gasteiger partial charge in [0.15, 0.2) is 0 Å². The minimum absolute atomic E-state index is 0.00415. The van der Waals surface area contributed by atoms with Gasteiger partial charge in [0.05, 0.1) is 12.5 Å². The van der Waals surface area contributed by atoms with Crippen molar-refractivity contribution in [2.24, 2.45) is 5.92 Å². The summed E-state index contributed by atoms with van der Waals surface area (Å²) < 4.78 is 5.10. The van der Waals surface area contributed by atoms with Gasteiger partial charge in [0.25, 0.3) is 0 Å². The number of esters is 1. The van der Waals surface area contributed by atoms with Gasteiger partial charge in [0.2, 0.25) is 11.8 Å². The first-order valence-corrected chi connectivity index (χ1v) is 11.8. The number of carbonyl (C=O) groups excluding carboxylic acids is 3. The molecule has 1 aromatic heterocycles. The van der Waals surface area contributed by atoms with Crippen LogP contribution in [0.25, 0.3) is 0 Å². The van der Waals surface area contributed by atoms with Crippen molar-refractivity contribution < 1.29 is 19.1 Å². The minimum atomic E-state index is -0.369. The van der Waals surface area contributed by atoms with Gasteiger partial charge in [-0.05, 0) is 63.6 Å². The number of aromatic amines is 1. The van der Waals surface area contributed by atoms with Crippen LogP contribution in [0.5, 0.6) is 0 Å². The summed E-state index contributed by atoms with van der Waals surface area (Å²) in [5, 5.41) is 3.02. The molecule has 1 atom stereocenters. The summed E-state index contributed by atoms with van der Waals surface area (Å²) in [6.07, 6.45) is 2.51. The maximum atomic E-state index is 12.9. The van der Waals surface area contributed by atoms with Gasteiger partial charge in [0, 0.05) is 31.7 Å². The summed E-state index contributed by atoms with van der Waals surface area (Å²) in [4.78, 5) is 42.6. The molecule has 33 heavy (non-hydrogen) atoms. The smallest absolute Gasteiger partial charge is 0.355 e. The van der Waals surface area contributed by atoms with Crippen LogP contribution in [0.3, 0.4) is 0 Å². The number of amides is 2. The predicted molar refractivity (Wildman–Crippen MR) is 127 cm³/mol. The number of aryl methyl sites for hydroxylation is 2. The maximum absolute atomic E-state index is 12.9. The second-order valence-electron chi connectivity index (χ2n) is 8.83. The molecule has 1 aliphatic rings. The minimum Gasteiger partial charge on any atom is -0.461 e. The molecule has 1 saturated heterocycles. The van der Waals surface area contributed by atoms with Gasteiger partial charge in [-0.15, -0.1) is 0 Å². The highest BCUT2D eigenvalue weighted by atomic mass is 16.5. The number of likely N-dealkylation sites (tertiary alicyclic amines) is 1. The second-order valence-corrected chi connectivity index (χ2v) is 8.83. The molecule has 2 N–H and O–H groups in total. The molecule has 0 saturated carbocycles. The van der Waals surface area contributed by atoms with Crippen LogP contribution < -0.4 is 5.32 Å². The van der Waals surface area contributed by atoms with Crippen molar-refractivity contribution in [1.29, 1.82) is 0 Å². The Kier molecular flexibility index (Phi) is 8.31. The van der Waals surface area contributed by atoms with E-state index in [-0.39, 0.29) is 23.7 Å². The first-order chi connectivity index (χ1) is 15.8. The van der Waals surface area contributed by atoms with E-state index >= 15 is 0 Å². The topological polar surface area (TPSA) is 91.5 Å². The Bertz CT molecular complexity index is 994. The molecule has 1 fully saturated rings. The van der Waals surface area contributed by atoms with Crippen LogP contribution in [0.2, 0.25) is 0 Å². The number of nitrogens with one attached hydrogen (secondary N) is 2. The molecule has 1 aromatic carbocycles. The van der Waals surface area contributed by atoms with Gasteiger partial charge in [-0.1, -0.05) is 29.8 Å². The SMILES string of the molecule is CCOC(=O)c1[nH]c(C)c(CCC(=O)N2CCC[C@H](C(=O)NCc3ccc(C)cc3)C2)c1C. The number of nitrogens with zero attached hydrogens (tertiary/aromatic N) is 1. The van der Waals surface area contributed by atoms with E-state index in [0.717, 1.165) is 35.2 Å². The van der Waals surface area contributed by atoms with E-state index in [2.05, 4.69) is 10.3 Å². The molecule has 3 rings (SSSR count). The average Bonchev–Trinajstić information content (AvgIpc) is 3.10. The van der Waals surface area contributed by atoms with E-state index in [4.69, 9.17) is 4.74 Å². The lowest BCUT2D eigenvalue weighted by Gasteiger charge is -2.32. The van der Waals surface area contributed by atoms with E-state index in [1.807, 2.05) is 49.9 Å². The molecule has 1 aliphatic heterocycles. The molecule has 0 aliphatic carbocycles. The van der Waals surface area contributed by atoms with Crippen LogP contribution in [0.4, 0.5) is 0 Å². The zero-order valence-electron chi connectivity index (χ0n) is 20.1. The molecule has 178 valence electrons. The number of carbonyl (C=O) groups is 3. The maximum Gasteiger partial charge on any atom is 0.355 e. The first-order valence-electron chi connectivity index (χ1n) is 11.8. The van der Waals surface area contributed by atoms with Crippen molar-refractivity contribution in [1.82, 2.24) is 15.2 Å². The molecule has 0 spiro atoms. The number of aromatic nitrogens is 1. The molecule has 7 nitrogen and oxygen atoms in total. The highest BCUT2D eigenvalue weighted by Crippen LogP contribution is 2.22. The molecule has 2 aromatic rings. The molecular weight excluding hydrogens is 418 g/mol. The lowest BCUT2D eigenvalue weighted by molar-refractivity contribution is -0.135. The normalized spacial score (nSPS) is 15.9. The van der Waals surface area contributed by atoms with Crippen molar-refractivity contribution in [3.8, 4) is 0 Å². The molecular formula is C26H35N3O4. The highest BCUT2D eigenvalue weighted by Gasteiger charge is 2.28. The zero-order valence-corrected chi connectivity index (χ0v) is 20.1. The Morgan fingerprint density at radius 2 is 1.88 bits per heavy atom. The van der Waals surface area contributed by atoms with E-state index < -0.39 is 0 Å². The van der Waals surface area contributed by atoms with Crippen molar-refractivity contribution >= 4 is 17.8 Å². The first kappa shape index (κ1) is 24.6. The monoisotopic (exact) mass is 453 g/mol. The predicted octanol–water partition coefficient (Wildman–Crippen LogP) is 3.60. The van der Waals surface area contributed by atoms with Gasteiger partial charge in [-0.25, -0.2) is 4.79 Å². The Hall–Kier alpha value is -3.09. The van der Waals surface area contributed by atoms with Crippen molar-refractivity contribution in [2.45, 2.75) is 59.9 Å². The largest absolute Gasteiger partial charge is 0.461 e. The number of rotatable bonds is 8. The van der Waals surface area contributed by atoms with Gasteiger partial charge < -0.3 is 19.9 Å². The van der Waals surface area contributed by atoms with Gasteiger partial charge in [-0.3, -0.25) is 9.59 Å². The quantitative estimate of drug-likeness (QED) is 0.598. The third-order valence-corrected chi connectivity index (χ3v) is 6.39. The lowest BCUT2D eigenvalue weighted by Crippen LogP contribution is -2.45. The van der Waals surface area contributed by atoms with Crippen molar-refractivity contribution in [2.75, 3.05) is 19.7 Å². The van der Waals surface area contributed by atoms with Gasteiger partial charge >= 0.3 is 5.97 Å². The number of piperidine rings is 1. The molecule has 0 unspecified atom stereocenters. The fourth-order valence-corrected chi connectivity index (χ4v) is 4.42. The summed E-state index contributed by atoms with van der Waals surface area (Å²) in [5.74, 6) is -0.501. The zero-order chi connectivity index (χ0) is 24.0.